The molecule has 0 aliphatic heterocycles. The van der Waals surface area contributed by atoms with E-state index in [9.17, 15) is 9.90 Å². The number of nitrogens with one attached hydrogen (secondary N) is 1. The lowest BCUT2D eigenvalue weighted by atomic mass is 9.91. The van der Waals surface area contributed by atoms with Crippen LogP contribution in [0.3, 0.4) is 0 Å². The Hall–Kier alpha value is -1.23. The standard InChI is InChI=1S/C15H12BrCl2NO2/c1-15(14(20)21,9-5-6-12(17)13(18)7-9)19-11-4-2-3-10(16)8-11/h2-8,19H,1H3,(H,20,21). The summed E-state index contributed by atoms with van der Waals surface area (Å²) in [6, 6.07) is 12.1. The summed E-state index contributed by atoms with van der Waals surface area (Å²) in [4.78, 5) is 11.8. The number of hydrogen-bond acceptors (Lipinski definition) is 2. The second kappa shape index (κ2) is 6.26. The van der Waals surface area contributed by atoms with Gasteiger partial charge < -0.3 is 10.4 Å². The second-order valence-electron chi connectivity index (χ2n) is 4.69. The first kappa shape index (κ1) is 16.1. The van der Waals surface area contributed by atoms with Crippen LogP contribution in [0.25, 0.3) is 0 Å². The summed E-state index contributed by atoms with van der Waals surface area (Å²) in [5.41, 5.74) is -0.126. The third-order valence-electron chi connectivity index (χ3n) is 3.14. The van der Waals surface area contributed by atoms with Crippen molar-refractivity contribution in [1.29, 1.82) is 0 Å². The summed E-state index contributed by atoms with van der Waals surface area (Å²) >= 11 is 15.2. The SMILES string of the molecule is CC(Nc1cccc(Br)c1)(C(=O)O)c1ccc(Cl)c(Cl)c1. The third kappa shape index (κ3) is 3.51. The molecule has 0 aliphatic rings. The summed E-state index contributed by atoms with van der Waals surface area (Å²) < 4.78 is 0.856. The molecular weight excluding hydrogens is 377 g/mol. The Labute approximate surface area is 141 Å². The zero-order chi connectivity index (χ0) is 15.6. The summed E-state index contributed by atoms with van der Waals surface area (Å²) in [6.07, 6.45) is 0. The average Bonchev–Trinajstić information content (AvgIpc) is 2.41. The minimum atomic E-state index is -1.32. The third-order valence-corrected chi connectivity index (χ3v) is 4.38. The molecule has 0 aromatic heterocycles. The number of anilines is 1. The Morgan fingerprint density at radius 2 is 1.90 bits per heavy atom. The Balaban J connectivity index is 2.45. The maximum atomic E-state index is 11.8. The van der Waals surface area contributed by atoms with Gasteiger partial charge in [0.25, 0.3) is 0 Å². The van der Waals surface area contributed by atoms with E-state index < -0.39 is 11.5 Å². The minimum Gasteiger partial charge on any atom is -0.479 e. The lowest BCUT2D eigenvalue weighted by Gasteiger charge is -2.28. The topological polar surface area (TPSA) is 49.3 Å². The first-order chi connectivity index (χ1) is 9.83. The van der Waals surface area contributed by atoms with Gasteiger partial charge in [0.15, 0.2) is 5.54 Å². The van der Waals surface area contributed by atoms with Gasteiger partial charge in [-0.15, -0.1) is 0 Å². The predicted octanol–water partition coefficient (Wildman–Crippen LogP) is 5.17. The maximum Gasteiger partial charge on any atom is 0.333 e. The van der Waals surface area contributed by atoms with Crippen LogP contribution in [-0.4, -0.2) is 11.1 Å². The molecule has 1 atom stereocenters. The zero-order valence-electron chi connectivity index (χ0n) is 11.0. The minimum absolute atomic E-state index is 0.317. The van der Waals surface area contributed by atoms with Gasteiger partial charge in [-0.2, -0.15) is 0 Å². The monoisotopic (exact) mass is 387 g/mol. The van der Waals surface area contributed by atoms with Gasteiger partial charge >= 0.3 is 5.97 Å². The van der Waals surface area contributed by atoms with Crippen LogP contribution in [0.1, 0.15) is 12.5 Å². The fourth-order valence-corrected chi connectivity index (χ4v) is 2.61. The Kier molecular flexibility index (Phi) is 4.81. The Bertz CT molecular complexity index is 693. The van der Waals surface area contributed by atoms with E-state index >= 15 is 0 Å². The van der Waals surface area contributed by atoms with Crippen molar-refractivity contribution in [2.75, 3.05) is 5.32 Å². The van der Waals surface area contributed by atoms with Gasteiger partial charge in [-0.3, -0.25) is 0 Å². The van der Waals surface area contributed by atoms with Gasteiger partial charge in [0.05, 0.1) is 10.0 Å². The van der Waals surface area contributed by atoms with Gasteiger partial charge in [0, 0.05) is 10.2 Å². The van der Waals surface area contributed by atoms with Crippen molar-refractivity contribution in [3.8, 4) is 0 Å². The molecule has 0 fully saturated rings. The molecule has 0 radical (unpaired) electrons. The van der Waals surface area contributed by atoms with E-state index in [4.69, 9.17) is 23.2 Å². The summed E-state index contributed by atoms with van der Waals surface area (Å²) in [5.74, 6) is -1.01. The van der Waals surface area contributed by atoms with Gasteiger partial charge in [-0.25, -0.2) is 4.79 Å². The molecule has 2 aromatic rings. The van der Waals surface area contributed by atoms with Crippen LogP contribution in [0.2, 0.25) is 10.0 Å². The van der Waals surface area contributed by atoms with E-state index in [-0.39, 0.29) is 0 Å². The first-order valence-corrected chi connectivity index (χ1v) is 7.60. The number of halogens is 3. The van der Waals surface area contributed by atoms with Crippen LogP contribution in [0.15, 0.2) is 46.9 Å². The van der Waals surface area contributed by atoms with Crippen molar-refractivity contribution >= 4 is 50.8 Å². The van der Waals surface area contributed by atoms with Crippen molar-refractivity contribution in [2.45, 2.75) is 12.5 Å². The molecule has 110 valence electrons. The number of benzene rings is 2. The number of aliphatic carboxylic acids is 1. The van der Waals surface area contributed by atoms with Crippen molar-refractivity contribution in [3.05, 3.63) is 62.5 Å². The summed E-state index contributed by atoms with van der Waals surface area (Å²) in [5, 5.41) is 13.4. The molecule has 0 spiro atoms. The fraction of sp³-hybridized carbons (Fsp3) is 0.133. The van der Waals surface area contributed by atoms with E-state index in [0.29, 0.717) is 21.3 Å². The highest BCUT2D eigenvalue weighted by molar-refractivity contribution is 9.10. The molecule has 0 aliphatic carbocycles. The Morgan fingerprint density at radius 3 is 2.48 bits per heavy atom. The predicted molar refractivity (Wildman–Crippen MR) is 89.2 cm³/mol. The molecule has 2 aromatic carbocycles. The molecular formula is C15H12BrCl2NO2. The number of carboxylic acid groups (broad SMARTS) is 1. The highest BCUT2D eigenvalue weighted by Gasteiger charge is 2.35. The van der Waals surface area contributed by atoms with E-state index in [2.05, 4.69) is 21.2 Å². The normalized spacial score (nSPS) is 13.5. The van der Waals surface area contributed by atoms with E-state index in [1.807, 2.05) is 12.1 Å². The summed E-state index contributed by atoms with van der Waals surface area (Å²) in [6.45, 7) is 1.58. The number of carbonyl (C=O) groups is 1. The van der Waals surface area contributed by atoms with E-state index in [1.165, 1.54) is 0 Å². The van der Waals surface area contributed by atoms with Gasteiger partial charge in [-0.05, 0) is 42.8 Å². The van der Waals surface area contributed by atoms with Gasteiger partial charge in [0.1, 0.15) is 0 Å². The highest BCUT2D eigenvalue weighted by atomic mass is 79.9. The lowest BCUT2D eigenvalue weighted by molar-refractivity contribution is -0.142. The molecule has 1 unspecified atom stereocenters. The molecule has 2 N–H and O–H groups in total. The molecule has 21 heavy (non-hydrogen) atoms. The van der Waals surface area contributed by atoms with Crippen LogP contribution in [0, 0.1) is 0 Å². The number of rotatable bonds is 4. The highest BCUT2D eigenvalue weighted by Crippen LogP contribution is 2.32. The smallest absolute Gasteiger partial charge is 0.333 e. The summed E-state index contributed by atoms with van der Waals surface area (Å²) in [7, 11) is 0. The van der Waals surface area contributed by atoms with Crippen molar-refractivity contribution in [1.82, 2.24) is 0 Å². The maximum absolute atomic E-state index is 11.8. The van der Waals surface area contributed by atoms with Gasteiger partial charge in [0.2, 0.25) is 0 Å². The van der Waals surface area contributed by atoms with E-state index in [0.717, 1.165) is 4.47 Å². The molecule has 0 heterocycles. The molecule has 0 saturated carbocycles. The zero-order valence-corrected chi connectivity index (χ0v) is 14.1. The van der Waals surface area contributed by atoms with Crippen molar-refractivity contribution < 1.29 is 9.90 Å². The van der Waals surface area contributed by atoms with Crippen LogP contribution in [-0.2, 0) is 10.3 Å². The van der Waals surface area contributed by atoms with Crippen LogP contribution < -0.4 is 5.32 Å². The number of carboxylic acids is 1. The van der Waals surface area contributed by atoms with E-state index in [1.54, 1.807) is 37.3 Å². The van der Waals surface area contributed by atoms with Crippen molar-refractivity contribution in [3.63, 3.8) is 0 Å². The fourth-order valence-electron chi connectivity index (χ4n) is 1.91. The van der Waals surface area contributed by atoms with Crippen LogP contribution in [0.5, 0.6) is 0 Å². The largest absolute Gasteiger partial charge is 0.479 e. The lowest BCUT2D eigenvalue weighted by Crippen LogP contribution is -2.40. The second-order valence-corrected chi connectivity index (χ2v) is 6.42. The number of hydrogen-bond donors (Lipinski definition) is 2. The molecule has 0 saturated heterocycles. The Morgan fingerprint density at radius 1 is 1.19 bits per heavy atom. The first-order valence-electron chi connectivity index (χ1n) is 6.05. The average molecular weight is 389 g/mol. The van der Waals surface area contributed by atoms with Crippen LogP contribution >= 0.6 is 39.1 Å². The quantitative estimate of drug-likeness (QED) is 0.759. The molecule has 3 nitrogen and oxygen atoms in total. The van der Waals surface area contributed by atoms with Crippen LogP contribution in [0.4, 0.5) is 5.69 Å². The molecule has 2 rings (SSSR count). The molecule has 0 amide bonds. The molecule has 6 heteroatoms. The molecule has 0 bridgehead atoms. The van der Waals surface area contributed by atoms with Crippen molar-refractivity contribution in [2.24, 2.45) is 0 Å². The van der Waals surface area contributed by atoms with Gasteiger partial charge in [-0.1, -0.05) is 51.3 Å².